The summed E-state index contributed by atoms with van der Waals surface area (Å²) in [7, 11) is -3.27. The van der Waals surface area contributed by atoms with E-state index in [1.54, 1.807) is 4.31 Å². The summed E-state index contributed by atoms with van der Waals surface area (Å²) in [5, 5.41) is 9.86. The van der Waals surface area contributed by atoms with Gasteiger partial charge in [0.1, 0.15) is 0 Å². The number of nitrogens with zero attached hydrogens (tertiary/aromatic N) is 2. The van der Waals surface area contributed by atoms with E-state index in [1.807, 2.05) is 30.3 Å². The molecule has 0 bridgehead atoms. The van der Waals surface area contributed by atoms with Crippen LogP contribution in [-0.2, 0) is 20.5 Å². The van der Waals surface area contributed by atoms with Crippen LogP contribution in [0, 0.1) is 5.41 Å². The predicted octanol–water partition coefficient (Wildman–Crippen LogP) is 1.84. The number of benzene rings is 1. The number of hydrogen-bond acceptors (Lipinski definition) is 5. The minimum atomic E-state index is -3.27. The maximum atomic E-state index is 12.8. The van der Waals surface area contributed by atoms with Crippen molar-refractivity contribution in [3.63, 3.8) is 0 Å². The smallest absolute Gasteiger partial charge is 0.218 e. The lowest BCUT2D eigenvalue weighted by Gasteiger charge is -2.38. The lowest BCUT2D eigenvalue weighted by molar-refractivity contribution is 0.0242. The second-order valence-corrected chi connectivity index (χ2v) is 10.8. The Kier molecular flexibility index (Phi) is 6.09. The molecule has 0 aliphatic carbocycles. The highest BCUT2D eigenvalue weighted by Crippen LogP contribution is 2.42. The van der Waals surface area contributed by atoms with Gasteiger partial charge in [-0.25, -0.2) is 12.7 Å². The Labute approximate surface area is 168 Å². The fraction of sp³-hybridized carbons (Fsp3) is 0.714. The van der Waals surface area contributed by atoms with Gasteiger partial charge in [0.25, 0.3) is 0 Å². The fourth-order valence-corrected chi connectivity index (χ4v) is 6.50. The summed E-state index contributed by atoms with van der Waals surface area (Å²) in [4.78, 5) is 2.32. The molecule has 2 unspecified atom stereocenters. The molecule has 3 saturated heterocycles. The van der Waals surface area contributed by atoms with E-state index in [-0.39, 0.29) is 23.4 Å². The molecule has 7 heteroatoms. The largest absolute Gasteiger partial charge is 0.392 e. The molecular formula is C21H32N2O4S. The van der Waals surface area contributed by atoms with Gasteiger partial charge in [-0.1, -0.05) is 30.3 Å². The lowest BCUT2D eigenvalue weighted by Crippen LogP contribution is -2.44. The number of likely N-dealkylation sites (tertiary alicyclic amines) is 1. The molecule has 6 nitrogen and oxygen atoms in total. The molecule has 3 aliphatic heterocycles. The van der Waals surface area contributed by atoms with Gasteiger partial charge in [0.2, 0.25) is 10.0 Å². The molecule has 1 aromatic carbocycles. The van der Waals surface area contributed by atoms with Crippen LogP contribution < -0.4 is 0 Å². The Morgan fingerprint density at radius 2 is 1.89 bits per heavy atom. The first-order valence-corrected chi connectivity index (χ1v) is 12.1. The molecule has 156 valence electrons. The molecule has 0 aromatic heterocycles. The average Bonchev–Trinajstić information content (AvgIpc) is 3.04. The van der Waals surface area contributed by atoms with Gasteiger partial charge < -0.3 is 9.84 Å². The van der Waals surface area contributed by atoms with Crippen LogP contribution in [0.1, 0.15) is 37.7 Å². The van der Waals surface area contributed by atoms with Crippen LogP contribution >= 0.6 is 0 Å². The zero-order chi connectivity index (χ0) is 19.6. The Morgan fingerprint density at radius 3 is 2.61 bits per heavy atom. The van der Waals surface area contributed by atoms with E-state index >= 15 is 0 Å². The van der Waals surface area contributed by atoms with Crippen LogP contribution in [0.15, 0.2) is 30.3 Å². The molecule has 28 heavy (non-hydrogen) atoms. The fourth-order valence-electron chi connectivity index (χ4n) is 4.96. The first kappa shape index (κ1) is 20.3. The molecule has 3 heterocycles. The number of hydrogen-bond donors (Lipinski definition) is 1. The third-order valence-electron chi connectivity index (χ3n) is 6.60. The summed E-state index contributed by atoms with van der Waals surface area (Å²) in [6.07, 6.45) is 4.71. The second kappa shape index (κ2) is 8.40. The molecule has 4 rings (SSSR count). The highest BCUT2D eigenvalue weighted by molar-refractivity contribution is 7.88. The quantitative estimate of drug-likeness (QED) is 0.805. The Bertz CT molecular complexity index is 747. The van der Waals surface area contributed by atoms with Crippen molar-refractivity contribution in [2.75, 3.05) is 39.3 Å². The van der Waals surface area contributed by atoms with Crippen LogP contribution in [-0.4, -0.2) is 74.3 Å². The third-order valence-corrected chi connectivity index (χ3v) is 8.45. The van der Waals surface area contributed by atoms with Gasteiger partial charge in [-0.2, -0.15) is 0 Å². The van der Waals surface area contributed by atoms with E-state index in [0.717, 1.165) is 63.9 Å². The minimum absolute atomic E-state index is 0.0806. The minimum Gasteiger partial charge on any atom is -0.392 e. The molecule has 0 radical (unpaired) electrons. The zero-order valence-corrected chi connectivity index (χ0v) is 17.3. The van der Waals surface area contributed by atoms with Gasteiger partial charge in [-0.15, -0.1) is 0 Å². The Balaban J connectivity index is 1.29. The lowest BCUT2D eigenvalue weighted by atomic mass is 9.77. The molecular weight excluding hydrogens is 376 g/mol. The van der Waals surface area contributed by atoms with Gasteiger partial charge in [-0.05, 0) is 49.6 Å². The highest BCUT2D eigenvalue weighted by Gasteiger charge is 2.44. The van der Waals surface area contributed by atoms with Crippen LogP contribution in [0.3, 0.4) is 0 Å². The van der Waals surface area contributed by atoms with Crippen LogP contribution in [0.4, 0.5) is 0 Å². The standard InChI is InChI=1S/C21H32N2O4S/c24-19-7-4-10-22(14-19)15-20-13-21(17-27-20)8-11-23(12-9-21)28(25,26)16-18-5-2-1-3-6-18/h1-3,5-6,19-20,24H,4,7-17H2. The van der Waals surface area contributed by atoms with Crippen molar-refractivity contribution in [3.8, 4) is 0 Å². The molecule has 1 aromatic rings. The van der Waals surface area contributed by atoms with Crippen molar-refractivity contribution in [2.45, 2.75) is 50.1 Å². The number of rotatable bonds is 5. The molecule has 3 aliphatic rings. The predicted molar refractivity (Wildman–Crippen MR) is 108 cm³/mol. The summed E-state index contributed by atoms with van der Waals surface area (Å²) in [6.45, 7) is 4.59. The van der Waals surface area contributed by atoms with Crippen LogP contribution in [0.5, 0.6) is 0 Å². The van der Waals surface area contributed by atoms with Crippen LogP contribution in [0.25, 0.3) is 0 Å². The van der Waals surface area contributed by atoms with E-state index in [4.69, 9.17) is 4.74 Å². The topological polar surface area (TPSA) is 70.1 Å². The van der Waals surface area contributed by atoms with E-state index in [2.05, 4.69) is 4.90 Å². The number of piperidine rings is 2. The van der Waals surface area contributed by atoms with Crippen molar-refractivity contribution in [2.24, 2.45) is 5.41 Å². The summed E-state index contributed by atoms with van der Waals surface area (Å²) in [5.41, 5.74) is 0.966. The molecule has 1 spiro atoms. The Hall–Kier alpha value is -0.990. The second-order valence-electron chi connectivity index (χ2n) is 8.83. The number of ether oxygens (including phenoxy) is 1. The normalized spacial score (nSPS) is 29.3. The molecule has 0 saturated carbocycles. The molecule has 0 amide bonds. The molecule has 2 atom stereocenters. The van der Waals surface area contributed by atoms with Gasteiger partial charge in [0.15, 0.2) is 0 Å². The number of aliphatic hydroxyl groups is 1. The SMILES string of the molecule is O=S(=O)(Cc1ccccc1)N1CCC2(CC1)COC(CN1CCCC(O)C1)C2. The summed E-state index contributed by atoms with van der Waals surface area (Å²) >= 11 is 0. The zero-order valence-electron chi connectivity index (χ0n) is 16.5. The third kappa shape index (κ3) is 4.76. The van der Waals surface area contributed by atoms with Crippen molar-refractivity contribution < 1.29 is 18.3 Å². The first-order chi connectivity index (χ1) is 13.4. The van der Waals surface area contributed by atoms with Crippen LogP contribution in [0.2, 0.25) is 0 Å². The number of β-amino-alcohol motifs (C(OH)–C–C–N with tert-alkyl or cyclic N) is 1. The maximum Gasteiger partial charge on any atom is 0.218 e. The van der Waals surface area contributed by atoms with Crippen molar-refractivity contribution >= 4 is 10.0 Å². The highest BCUT2D eigenvalue weighted by atomic mass is 32.2. The van der Waals surface area contributed by atoms with E-state index in [0.29, 0.717) is 13.1 Å². The van der Waals surface area contributed by atoms with Crippen molar-refractivity contribution in [1.29, 1.82) is 0 Å². The van der Waals surface area contributed by atoms with E-state index < -0.39 is 10.0 Å². The molecule has 3 fully saturated rings. The van der Waals surface area contributed by atoms with Gasteiger partial charge in [0, 0.05) is 26.2 Å². The van der Waals surface area contributed by atoms with E-state index in [9.17, 15) is 13.5 Å². The summed E-state index contributed by atoms with van der Waals surface area (Å²) in [5.74, 6) is 0.0806. The average molecular weight is 409 g/mol. The monoisotopic (exact) mass is 408 g/mol. The van der Waals surface area contributed by atoms with Crippen molar-refractivity contribution in [3.05, 3.63) is 35.9 Å². The van der Waals surface area contributed by atoms with E-state index in [1.165, 1.54) is 0 Å². The van der Waals surface area contributed by atoms with Gasteiger partial charge in [0.05, 0.1) is 24.6 Å². The number of sulfonamides is 1. The molecule has 1 N–H and O–H groups in total. The Morgan fingerprint density at radius 1 is 1.14 bits per heavy atom. The van der Waals surface area contributed by atoms with Gasteiger partial charge in [-0.3, -0.25) is 4.90 Å². The maximum absolute atomic E-state index is 12.8. The van der Waals surface area contributed by atoms with Gasteiger partial charge >= 0.3 is 0 Å². The van der Waals surface area contributed by atoms with Crippen molar-refractivity contribution in [1.82, 2.24) is 9.21 Å². The first-order valence-electron chi connectivity index (χ1n) is 10.5. The number of aliphatic hydroxyl groups excluding tert-OH is 1. The summed E-state index contributed by atoms with van der Waals surface area (Å²) in [6, 6.07) is 9.41. The summed E-state index contributed by atoms with van der Waals surface area (Å²) < 4.78 is 33.3.